The second kappa shape index (κ2) is 22.7. The zero-order chi connectivity index (χ0) is 43.0. The van der Waals surface area contributed by atoms with Gasteiger partial charge in [0.1, 0.15) is 35.8 Å². The molecule has 1 heterocycles. The zero-order valence-corrected chi connectivity index (χ0v) is 35.6. The summed E-state index contributed by atoms with van der Waals surface area (Å²) >= 11 is 1.51. The third-order valence-corrected chi connectivity index (χ3v) is 10.2. The number of ether oxygens (including phenoxy) is 1. The molecule has 1 aliphatic heterocycles. The van der Waals surface area contributed by atoms with Gasteiger partial charge in [0, 0.05) is 26.4 Å². The summed E-state index contributed by atoms with van der Waals surface area (Å²) in [6, 6.07) is 13.1. The smallest absolute Gasteiger partial charge is 0.410 e. The average molecular weight is 824 g/mol. The fourth-order valence-electron chi connectivity index (χ4n) is 6.50. The minimum Gasteiger partial charge on any atom is -0.444 e. The predicted molar refractivity (Wildman–Crippen MR) is 223 cm³/mol. The largest absolute Gasteiger partial charge is 0.444 e. The number of carbonyl (C=O) groups is 7. The van der Waals surface area contributed by atoms with Crippen LogP contribution < -0.4 is 27.0 Å². The van der Waals surface area contributed by atoms with Gasteiger partial charge in [-0.2, -0.15) is 11.8 Å². The summed E-state index contributed by atoms with van der Waals surface area (Å²) < 4.78 is 5.54. The molecule has 15 nitrogen and oxygen atoms in total. The van der Waals surface area contributed by atoms with Crippen molar-refractivity contribution in [3.8, 4) is 0 Å². The van der Waals surface area contributed by atoms with E-state index in [0.717, 1.165) is 11.1 Å². The molecule has 58 heavy (non-hydrogen) atoms. The molecule has 3 rings (SSSR count). The van der Waals surface area contributed by atoms with Crippen LogP contribution in [0.1, 0.15) is 71.4 Å². The Morgan fingerprint density at radius 1 is 0.845 bits per heavy atom. The van der Waals surface area contributed by atoms with Gasteiger partial charge in [0.15, 0.2) is 0 Å². The number of carbonyl (C=O) groups excluding carboxylic acids is 7. The van der Waals surface area contributed by atoms with Crippen LogP contribution in [-0.4, -0.2) is 119 Å². The molecule has 6 N–H and O–H groups in total. The Bertz CT molecular complexity index is 1710. The van der Waals surface area contributed by atoms with Gasteiger partial charge in [-0.05, 0) is 75.5 Å². The lowest BCUT2D eigenvalue weighted by molar-refractivity contribution is -0.140. The van der Waals surface area contributed by atoms with Crippen molar-refractivity contribution in [2.75, 3.05) is 32.1 Å². The molecule has 0 aromatic heterocycles. The van der Waals surface area contributed by atoms with Crippen LogP contribution in [0.15, 0.2) is 60.7 Å². The lowest BCUT2D eigenvalue weighted by atomic mass is 10.0. The lowest BCUT2D eigenvalue weighted by Gasteiger charge is -2.30. The van der Waals surface area contributed by atoms with Crippen molar-refractivity contribution >= 4 is 53.3 Å². The molecule has 16 heteroatoms. The summed E-state index contributed by atoms with van der Waals surface area (Å²) in [6.45, 7) is 8.86. The zero-order valence-electron chi connectivity index (χ0n) is 34.7. The van der Waals surface area contributed by atoms with Gasteiger partial charge in [0.05, 0.1) is 6.54 Å². The van der Waals surface area contributed by atoms with Gasteiger partial charge in [-0.15, -0.1) is 0 Å². The Kier molecular flexibility index (Phi) is 18.5. The summed E-state index contributed by atoms with van der Waals surface area (Å²) in [5.74, 6) is -3.01. The number of hydrogen-bond donors (Lipinski definition) is 5. The van der Waals surface area contributed by atoms with E-state index in [1.807, 2.05) is 56.5 Å². The number of hydrogen-bond acceptors (Lipinski definition) is 9. The molecule has 0 radical (unpaired) electrons. The maximum atomic E-state index is 14.2. The first-order chi connectivity index (χ1) is 27.4. The summed E-state index contributed by atoms with van der Waals surface area (Å²) in [5.41, 5.74) is 6.26. The number of thioether (sulfide) groups is 1. The molecule has 318 valence electrons. The van der Waals surface area contributed by atoms with E-state index in [1.165, 1.54) is 28.6 Å². The fourth-order valence-corrected chi connectivity index (χ4v) is 6.97. The molecule has 2 aromatic rings. The number of nitrogens with one attached hydrogen (secondary N) is 4. The van der Waals surface area contributed by atoms with Crippen LogP contribution in [0.4, 0.5) is 4.79 Å². The number of benzene rings is 2. The maximum absolute atomic E-state index is 14.2. The van der Waals surface area contributed by atoms with Crippen LogP contribution in [0.5, 0.6) is 0 Å². The number of primary amides is 1. The normalized spacial score (nSPS) is 16.0. The summed E-state index contributed by atoms with van der Waals surface area (Å²) in [5, 5.41) is 11.0. The standard InChI is InChI=1S/C42H61N7O8S/c1-27(2)23-34(40(55)45-30(36(43)51)20-22-58-7)48(6)35(50)26-44-37(52)31(24-28-15-10-8-11-16-28)46-38(53)32(25-29-17-12-9-13-18-29)47-39(54)33-19-14-21-49(33)41(56)57-42(3,4)5/h8-13,15-18,27,30-34H,14,19-26H2,1-7H3,(H2,43,51)(H,44,52)(H,45,55)(H,46,53)(H,47,54)/t30-,31-,32-,33-,34-/m0/s1. The minimum absolute atomic E-state index is 0.00246. The highest BCUT2D eigenvalue weighted by Crippen LogP contribution is 2.22. The van der Waals surface area contributed by atoms with E-state index < -0.39 is 83.9 Å². The van der Waals surface area contributed by atoms with E-state index in [9.17, 15) is 33.6 Å². The van der Waals surface area contributed by atoms with Crippen molar-refractivity contribution in [2.45, 2.75) is 109 Å². The lowest BCUT2D eigenvalue weighted by Crippen LogP contribution is -2.58. The number of likely N-dealkylation sites (N-methyl/N-ethyl adjacent to an activating group) is 1. The Labute approximate surface area is 346 Å². The summed E-state index contributed by atoms with van der Waals surface area (Å²) in [6.07, 6.45) is 2.99. The third-order valence-electron chi connectivity index (χ3n) is 9.56. The molecule has 0 aliphatic carbocycles. The van der Waals surface area contributed by atoms with Crippen LogP contribution >= 0.6 is 11.8 Å². The van der Waals surface area contributed by atoms with E-state index in [0.29, 0.717) is 31.6 Å². The van der Waals surface area contributed by atoms with Gasteiger partial charge in [-0.25, -0.2) is 4.79 Å². The summed E-state index contributed by atoms with van der Waals surface area (Å²) in [7, 11) is 1.46. The van der Waals surface area contributed by atoms with Crippen LogP contribution in [-0.2, 0) is 46.3 Å². The molecule has 2 aromatic carbocycles. The molecule has 0 saturated carbocycles. The number of amides is 7. The van der Waals surface area contributed by atoms with E-state index >= 15 is 0 Å². The molecule has 0 unspecified atom stereocenters. The van der Waals surface area contributed by atoms with Gasteiger partial charge in [0.2, 0.25) is 35.4 Å². The van der Waals surface area contributed by atoms with E-state index in [1.54, 1.807) is 45.0 Å². The highest BCUT2D eigenvalue weighted by atomic mass is 32.2. The minimum atomic E-state index is -1.17. The van der Waals surface area contributed by atoms with Crippen molar-refractivity contribution < 1.29 is 38.3 Å². The number of likely N-dealkylation sites (tertiary alicyclic amines) is 1. The van der Waals surface area contributed by atoms with Crippen LogP contribution in [0, 0.1) is 5.92 Å². The predicted octanol–water partition coefficient (Wildman–Crippen LogP) is 2.55. The van der Waals surface area contributed by atoms with Crippen LogP contribution in [0.2, 0.25) is 0 Å². The first-order valence-electron chi connectivity index (χ1n) is 19.7. The van der Waals surface area contributed by atoms with E-state index in [4.69, 9.17) is 10.5 Å². The molecular formula is C42H61N7O8S. The van der Waals surface area contributed by atoms with Gasteiger partial charge in [-0.1, -0.05) is 74.5 Å². The Morgan fingerprint density at radius 2 is 1.40 bits per heavy atom. The maximum Gasteiger partial charge on any atom is 0.410 e. The first-order valence-corrected chi connectivity index (χ1v) is 21.1. The van der Waals surface area contributed by atoms with Crippen LogP contribution in [0.25, 0.3) is 0 Å². The third kappa shape index (κ3) is 15.3. The van der Waals surface area contributed by atoms with Crippen molar-refractivity contribution in [1.29, 1.82) is 0 Å². The topological polar surface area (TPSA) is 209 Å². The Hall–Kier alpha value is -5.12. The molecule has 7 amide bonds. The highest BCUT2D eigenvalue weighted by molar-refractivity contribution is 7.98. The molecule has 0 bridgehead atoms. The summed E-state index contributed by atoms with van der Waals surface area (Å²) in [4.78, 5) is 96.4. The van der Waals surface area contributed by atoms with Crippen molar-refractivity contribution in [3.05, 3.63) is 71.8 Å². The van der Waals surface area contributed by atoms with Gasteiger partial charge in [0.25, 0.3) is 0 Å². The molecule has 1 fully saturated rings. The average Bonchev–Trinajstić information content (AvgIpc) is 3.67. The van der Waals surface area contributed by atoms with Gasteiger partial charge < -0.3 is 36.6 Å². The van der Waals surface area contributed by atoms with Crippen molar-refractivity contribution in [1.82, 2.24) is 31.1 Å². The number of rotatable bonds is 20. The second-order valence-electron chi connectivity index (χ2n) is 15.9. The molecular weight excluding hydrogens is 763 g/mol. The number of nitrogens with two attached hydrogens (primary N) is 1. The fraction of sp³-hybridized carbons (Fsp3) is 0.548. The first kappa shape index (κ1) is 47.3. The van der Waals surface area contributed by atoms with Crippen molar-refractivity contribution in [3.63, 3.8) is 0 Å². The Balaban J connectivity index is 1.81. The molecule has 1 saturated heterocycles. The monoisotopic (exact) mass is 823 g/mol. The van der Waals surface area contributed by atoms with E-state index in [2.05, 4.69) is 21.3 Å². The SMILES string of the molecule is CSCC[C@H](NC(=O)[C@H](CC(C)C)N(C)C(=O)CNC(=O)[C@H](Cc1ccccc1)NC(=O)[C@H](Cc1ccccc1)NC(=O)[C@@H]1CCCN1C(=O)OC(C)(C)C)C(N)=O. The van der Waals surface area contributed by atoms with Crippen LogP contribution in [0.3, 0.4) is 0 Å². The van der Waals surface area contributed by atoms with Gasteiger partial charge in [-0.3, -0.25) is 33.7 Å². The second-order valence-corrected chi connectivity index (χ2v) is 16.9. The molecule has 1 aliphatic rings. The Morgan fingerprint density at radius 3 is 1.91 bits per heavy atom. The molecule has 5 atom stereocenters. The van der Waals surface area contributed by atoms with E-state index in [-0.39, 0.29) is 25.2 Å². The van der Waals surface area contributed by atoms with Gasteiger partial charge >= 0.3 is 6.09 Å². The number of nitrogens with zero attached hydrogens (tertiary/aromatic N) is 2. The highest BCUT2D eigenvalue weighted by Gasteiger charge is 2.39. The molecule has 0 spiro atoms. The quantitative estimate of drug-likeness (QED) is 0.133. The van der Waals surface area contributed by atoms with Crippen molar-refractivity contribution in [2.24, 2.45) is 11.7 Å².